The number of aromatic carboxylic acids is 1. The molecule has 0 saturated heterocycles. The van der Waals surface area contributed by atoms with Gasteiger partial charge in [0.15, 0.2) is 0 Å². The Bertz CT molecular complexity index is 432. The molecule has 1 aromatic rings. The van der Waals surface area contributed by atoms with Gasteiger partial charge in [0.2, 0.25) is 0 Å². The Labute approximate surface area is 107 Å². The van der Waals surface area contributed by atoms with Gasteiger partial charge in [-0.2, -0.15) is 0 Å². The molecule has 18 heavy (non-hydrogen) atoms. The molecule has 0 bridgehead atoms. The topological polar surface area (TPSA) is 73.7 Å². The second-order valence-electron chi connectivity index (χ2n) is 3.39. The first-order valence-electron chi connectivity index (χ1n) is 4.98. The van der Waals surface area contributed by atoms with E-state index in [4.69, 9.17) is 21.8 Å². The summed E-state index contributed by atoms with van der Waals surface area (Å²) in [4.78, 5) is 15.7. The molecular formula is C10H11ClF2N2O3. The molecule has 0 radical (unpaired) electrons. The second kappa shape index (κ2) is 6.46. The average molecular weight is 281 g/mol. The van der Waals surface area contributed by atoms with Crippen molar-refractivity contribution in [3.8, 4) is 0 Å². The van der Waals surface area contributed by atoms with E-state index in [1.165, 1.54) is 0 Å². The van der Waals surface area contributed by atoms with Gasteiger partial charge in [-0.05, 0) is 6.07 Å². The molecule has 0 unspecified atom stereocenters. The van der Waals surface area contributed by atoms with Gasteiger partial charge in [0.25, 0.3) is 6.43 Å². The van der Waals surface area contributed by atoms with Crippen molar-refractivity contribution in [2.45, 2.75) is 6.43 Å². The Hall–Kier alpha value is -1.47. The summed E-state index contributed by atoms with van der Waals surface area (Å²) in [7, 11) is 0. The van der Waals surface area contributed by atoms with E-state index in [1.807, 2.05) is 0 Å². The van der Waals surface area contributed by atoms with Crippen molar-refractivity contribution in [1.29, 1.82) is 0 Å². The molecule has 0 aliphatic rings. The van der Waals surface area contributed by atoms with Crippen molar-refractivity contribution in [3.05, 3.63) is 22.8 Å². The van der Waals surface area contributed by atoms with Crippen LogP contribution in [0.5, 0.6) is 0 Å². The Balaban J connectivity index is 3.04. The van der Waals surface area contributed by atoms with Crippen LogP contribution in [0.25, 0.3) is 0 Å². The molecule has 100 valence electrons. The zero-order chi connectivity index (χ0) is 13.7. The highest BCUT2D eigenvalue weighted by atomic mass is 35.5. The number of carbonyl (C=O) groups is 1. The quantitative estimate of drug-likeness (QED) is 0.826. The minimum absolute atomic E-state index is 0.0335. The third-order valence-electron chi connectivity index (χ3n) is 2.12. The number of alkyl halides is 2. The number of carboxylic acid groups (broad SMARTS) is 1. The molecule has 8 heteroatoms. The van der Waals surface area contributed by atoms with E-state index in [9.17, 15) is 13.6 Å². The molecule has 1 heterocycles. The summed E-state index contributed by atoms with van der Waals surface area (Å²) in [6.07, 6.45) is -1.54. The molecule has 0 spiro atoms. The third-order valence-corrected chi connectivity index (χ3v) is 2.42. The van der Waals surface area contributed by atoms with E-state index in [-0.39, 0.29) is 29.6 Å². The number of nitrogens with zero attached hydrogens (tertiary/aromatic N) is 2. The number of aliphatic hydroxyl groups is 1. The maximum absolute atomic E-state index is 12.3. The highest BCUT2D eigenvalue weighted by Gasteiger charge is 2.17. The van der Waals surface area contributed by atoms with Crippen molar-refractivity contribution >= 4 is 23.4 Å². The number of hydrogen-bond donors (Lipinski definition) is 2. The highest BCUT2D eigenvalue weighted by Crippen LogP contribution is 2.21. The molecule has 0 saturated carbocycles. The lowest BCUT2D eigenvalue weighted by atomic mass is 10.2. The number of rotatable bonds is 6. The summed E-state index contributed by atoms with van der Waals surface area (Å²) < 4.78 is 24.7. The summed E-state index contributed by atoms with van der Waals surface area (Å²) in [5.74, 6) is -1.24. The molecule has 0 aliphatic carbocycles. The van der Waals surface area contributed by atoms with Crippen molar-refractivity contribution in [3.63, 3.8) is 0 Å². The number of carboxylic acids is 1. The van der Waals surface area contributed by atoms with E-state index >= 15 is 0 Å². The predicted octanol–water partition coefficient (Wildman–Crippen LogP) is 1.50. The predicted molar refractivity (Wildman–Crippen MR) is 61.5 cm³/mol. The molecular weight excluding hydrogens is 270 g/mol. The number of aromatic nitrogens is 1. The van der Waals surface area contributed by atoms with Crippen molar-refractivity contribution in [2.75, 3.05) is 24.6 Å². The number of hydrogen-bond acceptors (Lipinski definition) is 4. The minimum atomic E-state index is -2.62. The van der Waals surface area contributed by atoms with Gasteiger partial charge in [-0.1, -0.05) is 11.6 Å². The summed E-state index contributed by atoms with van der Waals surface area (Å²) in [6, 6.07) is 1.10. The molecule has 0 fully saturated rings. The lowest BCUT2D eigenvalue weighted by molar-refractivity contribution is 0.0697. The van der Waals surface area contributed by atoms with Crippen molar-refractivity contribution < 1.29 is 23.8 Å². The smallest absolute Gasteiger partial charge is 0.337 e. The maximum Gasteiger partial charge on any atom is 0.337 e. The van der Waals surface area contributed by atoms with Crippen molar-refractivity contribution in [2.24, 2.45) is 0 Å². The van der Waals surface area contributed by atoms with Crippen LogP contribution in [0.1, 0.15) is 10.4 Å². The van der Waals surface area contributed by atoms with Crippen LogP contribution in [0.4, 0.5) is 14.6 Å². The number of pyridine rings is 1. The monoisotopic (exact) mass is 280 g/mol. The van der Waals surface area contributed by atoms with Crippen LogP contribution in [0.15, 0.2) is 12.3 Å². The average Bonchev–Trinajstić information content (AvgIpc) is 2.28. The van der Waals surface area contributed by atoms with Crippen LogP contribution in [-0.4, -0.2) is 47.3 Å². The summed E-state index contributed by atoms with van der Waals surface area (Å²) in [5.41, 5.74) is -0.223. The molecule has 0 aromatic carbocycles. The van der Waals surface area contributed by atoms with E-state index in [0.717, 1.165) is 17.2 Å². The largest absolute Gasteiger partial charge is 0.478 e. The number of aliphatic hydroxyl groups excluding tert-OH is 1. The molecule has 0 aliphatic heterocycles. The van der Waals surface area contributed by atoms with Gasteiger partial charge in [0, 0.05) is 12.7 Å². The minimum Gasteiger partial charge on any atom is -0.478 e. The fourth-order valence-electron chi connectivity index (χ4n) is 1.35. The second-order valence-corrected chi connectivity index (χ2v) is 3.80. The first-order valence-corrected chi connectivity index (χ1v) is 5.36. The number of halogens is 3. The summed E-state index contributed by atoms with van der Waals surface area (Å²) >= 11 is 5.62. The first-order chi connectivity index (χ1) is 8.45. The van der Waals surface area contributed by atoms with Gasteiger partial charge in [-0.25, -0.2) is 18.6 Å². The molecule has 0 amide bonds. The van der Waals surface area contributed by atoms with Gasteiger partial charge in [-0.3, -0.25) is 0 Å². The van der Waals surface area contributed by atoms with Crippen LogP contribution >= 0.6 is 11.6 Å². The Morgan fingerprint density at radius 2 is 2.22 bits per heavy atom. The van der Waals surface area contributed by atoms with Crippen LogP contribution in [-0.2, 0) is 0 Å². The van der Waals surface area contributed by atoms with Crippen molar-refractivity contribution in [1.82, 2.24) is 4.98 Å². The van der Waals surface area contributed by atoms with E-state index in [0.29, 0.717) is 0 Å². The third kappa shape index (κ3) is 3.78. The van der Waals surface area contributed by atoms with Gasteiger partial charge in [0.1, 0.15) is 5.82 Å². The van der Waals surface area contributed by atoms with Gasteiger partial charge in [-0.15, -0.1) is 0 Å². The van der Waals surface area contributed by atoms with Crippen LogP contribution in [0, 0.1) is 0 Å². The molecule has 0 atom stereocenters. The lowest BCUT2D eigenvalue weighted by Crippen LogP contribution is -2.32. The SMILES string of the molecule is O=C(O)c1cc(N(CCO)CC(F)F)ncc1Cl. The van der Waals surface area contributed by atoms with Gasteiger partial charge >= 0.3 is 5.97 Å². The molecule has 1 rings (SSSR count). The Kier molecular flexibility index (Phi) is 5.24. The normalized spacial score (nSPS) is 10.7. The molecule has 2 N–H and O–H groups in total. The molecule has 5 nitrogen and oxygen atoms in total. The van der Waals surface area contributed by atoms with Gasteiger partial charge in [0.05, 0.1) is 23.7 Å². The maximum atomic E-state index is 12.3. The molecule has 1 aromatic heterocycles. The van der Waals surface area contributed by atoms with E-state index < -0.39 is 18.9 Å². The highest BCUT2D eigenvalue weighted by molar-refractivity contribution is 6.33. The van der Waals surface area contributed by atoms with Gasteiger partial charge < -0.3 is 15.1 Å². The van der Waals surface area contributed by atoms with E-state index in [2.05, 4.69) is 4.98 Å². The Morgan fingerprint density at radius 1 is 1.56 bits per heavy atom. The zero-order valence-electron chi connectivity index (χ0n) is 9.18. The Morgan fingerprint density at radius 3 is 2.72 bits per heavy atom. The zero-order valence-corrected chi connectivity index (χ0v) is 9.94. The van der Waals surface area contributed by atoms with E-state index in [1.54, 1.807) is 0 Å². The lowest BCUT2D eigenvalue weighted by Gasteiger charge is -2.22. The first kappa shape index (κ1) is 14.6. The van der Waals surface area contributed by atoms with Crippen LogP contribution in [0.3, 0.4) is 0 Å². The van der Waals surface area contributed by atoms with Crippen LogP contribution < -0.4 is 4.90 Å². The number of anilines is 1. The summed E-state index contributed by atoms with van der Waals surface area (Å²) in [6.45, 7) is -1.06. The standard InChI is InChI=1S/C10H11ClF2N2O3/c11-7-4-14-9(3-6(7)10(17)18)15(1-2-16)5-8(12)13/h3-4,8,16H,1-2,5H2,(H,17,18). The fourth-order valence-corrected chi connectivity index (χ4v) is 1.54. The fraction of sp³-hybridized carbons (Fsp3) is 0.400. The van der Waals surface area contributed by atoms with Crippen LogP contribution in [0.2, 0.25) is 5.02 Å². The summed E-state index contributed by atoms with van der Waals surface area (Å²) in [5, 5.41) is 17.6.